The molecule has 2 aliphatic rings. The Morgan fingerprint density at radius 1 is 1.15 bits per heavy atom. The van der Waals surface area contributed by atoms with Crippen molar-refractivity contribution >= 4 is 28.6 Å². The lowest BCUT2D eigenvalue weighted by molar-refractivity contribution is -0.0592. The summed E-state index contributed by atoms with van der Waals surface area (Å²) in [6.07, 6.45) is 4.87. The van der Waals surface area contributed by atoms with Crippen molar-refractivity contribution in [3.05, 3.63) is 76.5 Å². The second-order valence-electron chi connectivity index (χ2n) is 10.1. The summed E-state index contributed by atoms with van der Waals surface area (Å²) in [5.74, 6) is 0.0352. The van der Waals surface area contributed by atoms with Crippen LogP contribution in [0.25, 0.3) is 11.0 Å². The summed E-state index contributed by atoms with van der Waals surface area (Å²) in [6.45, 7) is 3.94. The van der Waals surface area contributed by atoms with Gasteiger partial charge in [-0.05, 0) is 49.6 Å². The summed E-state index contributed by atoms with van der Waals surface area (Å²) in [4.78, 5) is 18.8. The van der Waals surface area contributed by atoms with Crippen molar-refractivity contribution in [3.8, 4) is 5.88 Å². The third-order valence-corrected chi connectivity index (χ3v) is 7.76. The number of aromatic nitrogens is 4. The Balaban J connectivity index is 1.09. The molecule has 39 heavy (non-hydrogen) atoms. The summed E-state index contributed by atoms with van der Waals surface area (Å²) < 4.78 is 29.5. The number of hydrogen-bond donors (Lipinski definition) is 1. The number of carboxylic acids is 1. The van der Waals surface area contributed by atoms with Gasteiger partial charge in [-0.15, -0.1) is 5.10 Å². The number of carboxylic acid groups (broad SMARTS) is 1. The fraction of sp³-hybridized carbons (Fsp3) is 0.393. The zero-order chi connectivity index (χ0) is 26.9. The summed E-state index contributed by atoms with van der Waals surface area (Å²) in [6, 6.07) is 11.7. The van der Waals surface area contributed by atoms with Crippen LogP contribution in [0.15, 0.2) is 48.7 Å². The van der Waals surface area contributed by atoms with Gasteiger partial charge in [-0.2, -0.15) is 0 Å². The van der Waals surface area contributed by atoms with E-state index in [1.165, 1.54) is 6.07 Å². The van der Waals surface area contributed by atoms with Gasteiger partial charge in [0, 0.05) is 42.5 Å². The molecule has 2 aromatic carbocycles. The van der Waals surface area contributed by atoms with Crippen LogP contribution < -0.4 is 4.74 Å². The van der Waals surface area contributed by atoms with E-state index in [1.54, 1.807) is 36.4 Å². The third-order valence-electron chi connectivity index (χ3n) is 7.52. The number of fused-ring (bicyclic) bond motifs is 1. The normalized spacial score (nSPS) is 18.4. The Labute approximate surface area is 229 Å². The predicted molar refractivity (Wildman–Crippen MR) is 143 cm³/mol. The molecule has 2 saturated heterocycles. The van der Waals surface area contributed by atoms with Gasteiger partial charge in [0.2, 0.25) is 5.88 Å². The largest absolute Gasteiger partial charge is 0.478 e. The standard InChI is InChI=1S/C28H29ClFN5O4/c29-20-3-1-19(23(30)14-20)17-39-27-7-11-35(32-27)21-5-9-33(10-6-21)16-26-31-24-4-2-18(28(36)37)13-25(24)34(26)15-22-8-12-38-22/h1-4,7,11,13-14,21-22H,5-6,8-10,12,15-17H2,(H,36,37)/t22-/m0/s1. The Kier molecular flexibility index (Phi) is 7.24. The molecule has 0 amide bonds. The molecule has 1 N–H and O–H groups in total. The van der Waals surface area contributed by atoms with Crippen molar-refractivity contribution in [2.24, 2.45) is 0 Å². The van der Waals surface area contributed by atoms with Crippen molar-refractivity contribution in [3.63, 3.8) is 0 Å². The summed E-state index contributed by atoms with van der Waals surface area (Å²) >= 11 is 5.82. The van der Waals surface area contributed by atoms with Gasteiger partial charge in [0.05, 0.1) is 41.8 Å². The first kappa shape index (κ1) is 25.8. The molecule has 0 radical (unpaired) electrons. The first-order valence-corrected chi connectivity index (χ1v) is 13.5. The van der Waals surface area contributed by atoms with Crippen LogP contribution in [-0.4, -0.2) is 61.1 Å². The molecule has 0 unspecified atom stereocenters. The van der Waals surface area contributed by atoms with Crippen LogP contribution in [0.5, 0.6) is 5.88 Å². The van der Waals surface area contributed by atoms with Crippen molar-refractivity contribution in [1.29, 1.82) is 0 Å². The highest BCUT2D eigenvalue weighted by molar-refractivity contribution is 6.30. The molecule has 6 rings (SSSR count). The second-order valence-corrected chi connectivity index (χ2v) is 10.5. The number of rotatable bonds is 9. The van der Waals surface area contributed by atoms with Crippen molar-refractivity contribution in [1.82, 2.24) is 24.2 Å². The minimum absolute atomic E-state index is 0.0827. The fourth-order valence-corrected chi connectivity index (χ4v) is 5.35. The molecule has 2 fully saturated rings. The van der Waals surface area contributed by atoms with E-state index >= 15 is 0 Å². The number of likely N-dealkylation sites (tertiary alicyclic amines) is 1. The van der Waals surface area contributed by atoms with E-state index in [0.717, 1.165) is 55.8 Å². The van der Waals surface area contributed by atoms with E-state index in [-0.39, 0.29) is 24.3 Å². The van der Waals surface area contributed by atoms with Crippen LogP contribution >= 0.6 is 11.6 Å². The minimum atomic E-state index is -0.947. The quantitative estimate of drug-likeness (QED) is 0.314. The predicted octanol–water partition coefficient (Wildman–Crippen LogP) is 4.93. The zero-order valence-corrected chi connectivity index (χ0v) is 22.1. The SMILES string of the molecule is O=C(O)c1ccc2nc(CN3CCC(n4ccc(OCc5ccc(Cl)cc5F)n4)CC3)n(C[C@@H]3CCO3)c2c1. The van der Waals surface area contributed by atoms with Crippen LogP contribution in [0.2, 0.25) is 5.02 Å². The molecule has 9 nitrogen and oxygen atoms in total. The number of benzene rings is 2. The van der Waals surface area contributed by atoms with Crippen molar-refractivity contribution in [2.45, 2.75) is 51.1 Å². The maximum Gasteiger partial charge on any atom is 0.335 e. The molecule has 2 aliphatic heterocycles. The van der Waals surface area contributed by atoms with E-state index in [9.17, 15) is 14.3 Å². The number of halogens is 2. The Morgan fingerprint density at radius 3 is 2.69 bits per heavy atom. The maximum atomic E-state index is 14.0. The average Bonchev–Trinajstić information content (AvgIpc) is 3.50. The van der Waals surface area contributed by atoms with Gasteiger partial charge in [-0.25, -0.2) is 14.2 Å². The summed E-state index contributed by atoms with van der Waals surface area (Å²) in [5, 5.41) is 14.4. The lowest BCUT2D eigenvalue weighted by Crippen LogP contribution is -2.36. The second kappa shape index (κ2) is 11.0. The fourth-order valence-electron chi connectivity index (χ4n) is 5.20. The van der Waals surface area contributed by atoms with Crippen molar-refractivity contribution in [2.75, 3.05) is 19.7 Å². The highest BCUT2D eigenvalue weighted by Gasteiger charge is 2.26. The Bertz CT molecular complexity index is 1490. The van der Waals surface area contributed by atoms with Gasteiger partial charge < -0.3 is 19.1 Å². The summed E-state index contributed by atoms with van der Waals surface area (Å²) in [7, 11) is 0. The zero-order valence-electron chi connectivity index (χ0n) is 21.3. The number of nitrogens with zero attached hydrogens (tertiary/aromatic N) is 5. The molecule has 2 aromatic heterocycles. The van der Waals surface area contributed by atoms with Gasteiger partial charge >= 0.3 is 5.97 Å². The van der Waals surface area contributed by atoms with E-state index in [1.807, 2.05) is 10.9 Å². The third kappa shape index (κ3) is 5.63. The first-order valence-electron chi connectivity index (χ1n) is 13.1. The van der Waals surface area contributed by atoms with Gasteiger partial charge in [-0.3, -0.25) is 9.58 Å². The number of hydrogen-bond acceptors (Lipinski definition) is 6. The molecule has 0 saturated carbocycles. The van der Waals surface area contributed by atoms with Gasteiger partial charge in [-0.1, -0.05) is 17.7 Å². The lowest BCUT2D eigenvalue weighted by atomic mass is 10.1. The number of aromatic carboxylic acids is 1. The molecule has 0 bridgehead atoms. The molecular formula is C28H29ClFN5O4. The topological polar surface area (TPSA) is 94.6 Å². The van der Waals surface area contributed by atoms with E-state index in [0.29, 0.717) is 29.6 Å². The number of carbonyl (C=O) groups is 1. The summed E-state index contributed by atoms with van der Waals surface area (Å²) in [5.41, 5.74) is 2.31. The maximum absolute atomic E-state index is 14.0. The van der Waals surface area contributed by atoms with Crippen LogP contribution in [0.4, 0.5) is 4.39 Å². The van der Waals surface area contributed by atoms with Crippen LogP contribution in [0.3, 0.4) is 0 Å². The number of imidazole rings is 1. The van der Waals surface area contributed by atoms with Crippen molar-refractivity contribution < 1.29 is 23.8 Å². The lowest BCUT2D eigenvalue weighted by Gasteiger charge is -2.32. The minimum Gasteiger partial charge on any atom is -0.478 e. The average molecular weight is 554 g/mol. The molecule has 1 atom stereocenters. The van der Waals surface area contributed by atoms with Gasteiger partial charge in [0.1, 0.15) is 18.2 Å². The Morgan fingerprint density at radius 2 is 1.97 bits per heavy atom. The van der Waals surface area contributed by atoms with Gasteiger partial charge in [0.25, 0.3) is 0 Å². The monoisotopic (exact) mass is 553 g/mol. The Hall–Kier alpha value is -3.47. The number of piperidine rings is 1. The molecule has 0 spiro atoms. The number of ether oxygens (including phenoxy) is 2. The van der Waals surface area contributed by atoms with Crippen LogP contribution in [0, 0.1) is 5.82 Å². The van der Waals surface area contributed by atoms with E-state index < -0.39 is 11.8 Å². The molecular weight excluding hydrogens is 525 g/mol. The van der Waals surface area contributed by atoms with E-state index in [4.69, 9.17) is 26.1 Å². The highest BCUT2D eigenvalue weighted by Crippen LogP contribution is 2.27. The molecule has 0 aliphatic carbocycles. The van der Waals surface area contributed by atoms with Crippen LogP contribution in [0.1, 0.15) is 47.1 Å². The molecule has 11 heteroatoms. The molecule has 4 heterocycles. The molecule has 4 aromatic rings. The van der Waals surface area contributed by atoms with Gasteiger partial charge in [0.15, 0.2) is 0 Å². The molecule has 204 valence electrons. The van der Waals surface area contributed by atoms with E-state index in [2.05, 4.69) is 14.6 Å². The highest BCUT2D eigenvalue weighted by atomic mass is 35.5. The van der Waals surface area contributed by atoms with Crippen LogP contribution in [-0.2, 0) is 24.4 Å². The smallest absolute Gasteiger partial charge is 0.335 e. The first-order chi connectivity index (χ1) is 18.9.